The Hall–Kier alpha value is -1.66. The van der Waals surface area contributed by atoms with Gasteiger partial charge in [-0.15, -0.1) is 0 Å². The molecule has 148 valence electrons. The number of halogens is 4. The van der Waals surface area contributed by atoms with Crippen LogP contribution < -0.4 is 21.2 Å². The van der Waals surface area contributed by atoms with E-state index in [2.05, 4.69) is 32.9 Å². The van der Waals surface area contributed by atoms with Crippen molar-refractivity contribution in [1.29, 1.82) is 0 Å². The number of hydrogen-bond donors (Lipinski definition) is 1. The van der Waals surface area contributed by atoms with Gasteiger partial charge in [0.2, 0.25) is 3.57 Å². The third-order valence-corrected chi connectivity index (χ3v) is 7.49. The number of carboxylic acids is 1. The first-order valence-corrected chi connectivity index (χ1v) is 10.9. The van der Waals surface area contributed by atoms with Crippen molar-refractivity contribution >= 4 is 16.1 Å². The topological polar surface area (TPSA) is 94.5 Å². The van der Waals surface area contributed by atoms with E-state index in [0.29, 0.717) is 5.56 Å². The number of carbonyl (C=O) groups is 1. The smallest absolute Gasteiger partial charge is 0.485 e. The molecule has 0 fully saturated rings. The molecule has 0 amide bonds. The lowest BCUT2D eigenvalue weighted by Crippen LogP contribution is -3.62. The van der Waals surface area contributed by atoms with Gasteiger partial charge in [-0.25, -0.2) is 13.2 Å². The van der Waals surface area contributed by atoms with E-state index < -0.39 is 42.8 Å². The largest absolute Gasteiger partial charge is 0.741 e. The van der Waals surface area contributed by atoms with Gasteiger partial charge < -0.3 is 9.66 Å². The van der Waals surface area contributed by atoms with Crippen LogP contribution in [-0.4, -0.2) is 29.6 Å². The molecular formula is C17H16F3IO5S. The van der Waals surface area contributed by atoms with Crippen molar-refractivity contribution in [2.24, 2.45) is 0 Å². The van der Waals surface area contributed by atoms with E-state index in [-0.39, 0.29) is 0 Å². The summed E-state index contributed by atoms with van der Waals surface area (Å²) in [5, 5.41) is 9.24. The van der Waals surface area contributed by atoms with Crippen LogP contribution in [0.15, 0.2) is 36.4 Å². The van der Waals surface area contributed by atoms with Gasteiger partial charge in [-0.3, -0.25) is 0 Å². The first-order chi connectivity index (χ1) is 12.2. The Morgan fingerprint density at radius 1 is 1.07 bits per heavy atom. The summed E-state index contributed by atoms with van der Waals surface area (Å²) in [7, 11) is -6.09. The summed E-state index contributed by atoms with van der Waals surface area (Å²) in [5.41, 5.74) is -1.41. The van der Waals surface area contributed by atoms with Crippen molar-refractivity contribution in [3.05, 3.63) is 65.8 Å². The molecule has 0 aliphatic carbocycles. The lowest BCUT2D eigenvalue weighted by molar-refractivity contribution is -0.599. The number of hydrogen-bond acceptors (Lipinski definition) is 4. The number of benzene rings is 2. The first kappa shape index (κ1) is 23.4. The molecule has 0 spiro atoms. The molecule has 0 aromatic heterocycles. The maximum Gasteiger partial charge on any atom is 0.485 e. The molecule has 2 aromatic rings. The highest BCUT2D eigenvalue weighted by Gasteiger charge is 2.36. The Labute approximate surface area is 165 Å². The van der Waals surface area contributed by atoms with Crippen LogP contribution in [0.25, 0.3) is 0 Å². The molecule has 0 bridgehead atoms. The monoisotopic (exact) mass is 516 g/mol. The average molecular weight is 516 g/mol. The van der Waals surface area contributed by atoms with Crippen LogP contribution in [0.5, 0.6) is 0 Å². The minimum atomic E-state index is -6.09. The molecule has 0 radical (unpaired) electrons. The second kappa shape index (κ2) is 9.02. The van der Waals surface area contributed by atoms with E-state index in [4.69, 9.17) is 13.0 Å². The Balaban J connectivity index is 0.000000387. The van der Waals surface area contributed by atoms with Crippen LogP contribution in [0.4, 0.5) is 13.2 Å². The fraction of sp³-hybridized carbons (Fsp3) is 0.235. The summed E-state index contributed by atoms with van der Waals surface area (Å²) in [6.07, 6.45) is 0. The van der Waals surface area contributed by atoms with Crippen LogP contribution in [0.1, 0.15) is 27.0 Å². The summed E-state index contributed by atoms with van der Waals surface area (Å²) in [6.45, 7) is 6.31. The van der Waals surface area contributed by atoms with Crippen molar-refractivity contribution in [2.45, 2.75) is 26.3 Å². The van der Waals surface area contributed by atoms with Crippen LogP contribution >= 0.6 is 0 Å². The van der Waals surface area contributed by atoms with Crippen molar-refractivity contribution < 1.29 is 57.2 Å². The Kier molecular flexibility index (Phi) is 7.81. The Bertz CT molecular complexity index is 917. The Morgan fingerprint density at radius 3 is 1.93 bits per heavy atom. The minimum absolute atomic E-state index is 0.440. The molecule has 5 nitrogen and oxygen atoms in total. The molecule has 0 aliphatic heterocycles. The Morgan fingerprint density at radius 2 is 1.52 bits per heavy atom. The molecular weight excluding hydrogens is 500 g/mol. The van der Waals surface area contributed by atoms with Gasteiger partial charge in [-0.2, -0.15) is 13.2 Å². The fourth-order valence-corrected chi connectivity index (χ4v) is 4.96. The third kappa shape index (κ3) is 6.78. The quantitative estimate of drug-likeness (QED) is 0.364. The molecule has 2 aromatic carbocycles. The minimum Gasteiger partial charge on any atom is -0.741 e. The van der Waals surface area contributed by atoms with Gasteiger partial charge in [0.15, 0.2) is 13.7 Å². The maximum absolute atomic E-state index is 11.3. The highest BCUT2D eigenvalue weighted by molar-refractivity contribution is 7.86. The number of alkyl halides is 3. The lowest BCUT2D eigenvalue weighted by Gasteiger charge is -2.08. The zero-order chi connectivity index (χ0) is 21.0. The first-order valence-electron chi connectivity index (χ1n) is 7.31. The zero-order valence-corrected chi connectivity index (χ0v) is 17.4. The van der Waals surface area contributed by atoms with Crippen molar-refractivity contribution in [3.8, 4) is 0 Å². The standard InChI is InChI=1S/C16H15IO2.CHF3O3S/c1-10-8-11(2)15(12(3)9-10)17-14-7-5-4-6-13(14)16(18)19;2-1(3,4)8(5,6)7/h4-9H,1-3H3;(H,5,6,7). The highest BCUT2D eigenvalue weighted by Crippen LogP contribution is 2.20. The number of carboxylic acid groups (broad SMARTS) is 1. The molecule has 0 heterocycles. The number of aromatic carboxylic acids is 1. The van der Waals surface area contributed by atoms with Crippen LogP contribution in [-0.2, 0) is 10.1 Å². The van der Waals surface area contributed by atoms with Crippen molar-refractivity contribution in [2.75, 3.05) is 0 Å². The van der Waals surface area contributed by atoms with E-state index >= 15 is 0 Å². The molecule has 0 unspecified atom stereocenters. The van der Waals surface area contributed by atoms with Gasteiger partial charge in [0.1, 0.15) is 5.56 Å². The van der Waals surface area contributed by atoms with Gasteiger partial charge in [0, 0.05) is 11.1 Å². The second-order valence-electron chi connectivity index (χ2n) is 5.49. The van der Waals surface area contributed by atoms with Gasteiger partial charge in [0.25, 0.3) is 0 Å². The molecule has 0 saturated carbocycles. The molecule has 0 aliphatic rings. The van der Waals surface area contributed by atoms with Crippen molar-refractivity contribution in [3.63, 3.8) is 0 Å². The number of rotatable bonds is 3. The SMILES string of the molecule is Cc1cc(C)c([I+]c2ccccc2C(=O)O)c(C)c1.O=S(=O)([O-])C(F)(F)F. The highest BCUT2D eigenvalue weighted by atomic mass is 127. The molecule has 2 rings (SSSR count). The summed E-state index contributed by atoms with van der Waals surface area (Å²) in [5.74, 6) is -0.835. The van der Waals surface area contributed by atoms with E-state index in [1.165, 1.54) is 20.3 Å². The number of aryl methyl sites for hydroxylation is 3. The van der Waals surface area contributed by atoms with Crippen molar-refractivity contribution in [1.82, 2.24) is 0 Å². The van der Waals surface area contributed by atoms with E-state index in [1.54, 1.807) is 12.1 Å². The normalized spacial score (nSPS) is 11.5. The van der Waals surface area contributed by atoms with E-state index in [9.17, 15) is 23.1 Å². The second-order valence-corrected chi connectivity index (χ2v) is 9.64. The van der Waals surface area contributed by atoms with E-state index in [1.807, 2.05) is 12.1 Å². The lowest BCUT2D eigenvalue weighted by atomic mass is 10.1. The molecule has 1 N–H and O–H groups in total. The van der Waals surface area contributed by atoms with Crippen LogP contribution in [0.2, 0.25) is 0 Å². The summed E-state index contributed by atoms with van der Waals surface area (Å²) in [4.78, 5) is 11.3. The average Bonchev–Trinajstić information content (AvgIpc) is 2.49. The summed E-state index contributed by atoms with van der Waals surface area (Å²) >= 11 is -0.464. The van der Waals surface area contributed by atoms with Gasteiger partial charge in [-0.1, -0.05) is 29.8 Å². The van der Waals surface area contributed by atoms with Gasteiger partial charge >= 0.3 is 32.7 Å². The maximum atomic E-state index is 11.3. The predicted octanol–water partition coefficient (Wildman–Crippen LogP) is 0.490. The summed E-state index contributed by atoms with van der Waals surface area (Å²) in [6, 6.07) is 11.7. The molecule has 0 saturated heterocycles. The zero-order valence-electron chi connectivity index (χ0n) is 14.5. The van der Waals surface area contributed by atoms with E-state index in [0.717, 1.165) is 3.57 Å². The fourth-order valence-electron chi connectivity index (χ4n) is 2.13. The molecule has 0 atom stereocenters. The molecule has 10 heteroatoms. The van der Waals surface area contributed by atoms with Crippen LogP contribution in [0, 0.1) is 27.9 Å². The van der Waals surface area contributed by atoms with Crippen LogP contribution in [0.3, 0.4) is 0 Å². The predicted molar refractivity (Wildman–Crippen MR) is 87.2 cm³/mol. The molecule has 27 heavy (non-hydrogen) atoms. The summed E-state index contributed by atoms with van der Waals surface area (Å²) < 4.78 is 61.2. The van der Waals surface area contributed by atoms with Gasteiger partial charge in [0.05, 0.1) is 0 Å². The third-order valence-electron chi connectivity index (χ3n) is 3.16. The van der Waals surface area contributed by atoms with Gasteiger partial charge in [-0.05, 0) is 32.9 Å².